The molecule has 1 aromatic carbocycles. The number of ether oxygens (including phenoxy) is 2. The van der Waals surface area contributed by atoms with Crippen molar-refractivity contribution in [3.63, 3.8) is 0 Å². The molecule has 0 fully saturated rings. The first-order chi connectivity index (χ1) is 7.90. The molecule has 3 nitrogen and oxygen atoms in total. The summed E-state index contributed by atoms with van der Waals surface area (Å²) >= 11 is 0. The average molecular weight is 242 g/mol. The van der Waals surface area contributed by atoms with Crippen LogP contribution in [-0.2, 0) is 15.1 Å². The maximum absolute atomic E-state index is 13.0. The molecule has 17 heavy (non-hydrogen) atoms. The second kappa shape index (κ2) is 5.58. The van der Waals surface area contributed by atoms with Gasteiger partial charge in [-0.1, -0.05) is 6.07 Å². The molecule has 0 bridgehead atoms. The highest BCUT2D eigenvalue weighted by molar-refractivity contribution is 5.31. The van der Waals surface area contributed by atoms with Crippen LogP contribution in [0, 0.1) is 12.7 Å². The second-order valence-corrected chi connectivity index (χ2v) is 4.34. The van der Waals surface area contributed by atoms with E-state index in [2.05, 4.69) is 0 Å². The van der Waals surface area contributed by atoms with E-state index in [0.717, 1.165) is 0 Å². The molecular formula is C13H19FO3. The Morgan fingerprint density at radius 2 is 1.94 bits per heavy atom. The van der Waals surface area contributed by atoms with Crippen molar-refractivity contribution in [1.29, 1.82) is 0 Å². The van der Waals surface area contributed by atoms with Gasteiger partial charge in [0.2, 0.25) is 0 Å². The van der Waals surface area contributed by atoms with Crippen LogP contribution in [-0.4, -0.2) is 25.6 Å². The Labute approximate surface area is 101 Å². The van der Waals surface area contributed by atoms with Crippen molar-refractivity contribution in [3.8, 4) is 0 Å². The lowest BCUT2D eigenvalue weighted by Crippen LogP contribution is -2.30. The van der Waals surface area contributed by atoms with Gasteiger partial charge in [0.25, 0.3) is 0 Å². The summed E-state index contributed by atoms with van der Waals surface area (Å²) in [6, 6.07) is 4.33. The Kier molecular flexibility index (Phi) is 4.62. The van der Waals surface area contributed by atoms with Crippen molar-refractivity contribution in [3.05, 3.63) is 35.1 Å². The molecule has 0 saturated carbocycles. The first kappa shape index (κ1) is 14.1. The summed E-state index contributed by atoms with van der Waals surface area (Å²) in [7, 11) is 3.03. The van der Waals surface area contributed by atoms with Crippen molar-refractivity contribution in [2.24, 2.45) is 0 Å². The molecule has 0 aliphatic rings. The van der Waals surface area contributed by atoms with E-state index in [4.69, 9.17) is 9.47 Å². The van der Waals surface area contributed by atoms with Crippen LogP contribution >= 0.6 is 0 Å². The zero-order valence-electron chi connectivity index (χ0n) is 10.7. The fourth-order valence-electron chi connectivity index (χ4n) is 1.93. The van der Waals surface area contributed by atoms with Gasteiger partial charge in [0.05, 0.1) is 5.60 Å². The smallest absolute Gasteiger partial charge is 0.159 e. The third-order valence-electron chi connectivity index (χ3n) is 2.86. The van der Waals surface area contributed by atoms with E-state index in [1.54, 1.807) is 19.9 Å². The number of hydrogen-bond donors (Lipinski definition) is 1. The Hall–Kier alpha value is -0.970. The van der Waals surface area contributed by atoms with E-state index in [1.807, 2.05) is 0 Å². The van der Waals surface area contributed by atoms with Gasteiger partial charge in [0.1, 0.15) is 5.82 Å². The molecule has 1 N–H and O–H groups in total. The number of methoxy groups -OCH3 is 2. The minimum absolute atomic E-state index is 0.284. The van der Waals surface area contributed by atoms with Crippen LogP contribution in [0.1, 0.15) is 24.5 Å². The molecule has 0 aliphatic carbocycles. The molecule has 1 unspecified atom stereocenters. The number of aryl methyl sites for hydroxylation is 1. The van der Waals surface area contributed by atoms with E-state index in [9.17, 15) is 9.50 Å². The molecule has 0 spiro atoms. The van der Waals surface area contributed by atoms with Gasteiger partial charge in [-0.25, -0.2) is 4.39 Å². The van der Waals surface area contributed by atoms with Gasteiger partial charge < -0.3 is 14.6 Å². The Morgan fingerprint density at radius 3 is 2.41 bits per heavy atom. The van der Waals surface area contributed by atoms with Crippen LogP contribution in [0.2, 0.25) is 0 Å². The number of hydrogen-bond acceptors (Lipinski definition) is 3. The van der Waals surface area contributed by atoms with Crippen LogP contribution in [0.4, 0.5) is 4.39 Å². The number of benzene rings is 1. The molecule has 1 atom stereocenters. The summed E-state index contributed by atoms with van der Waals surface area (Å²) in [5, 5.41) is 10.4. The molecule has 1 rings (SSSR count). The van der Waals surface area contributed by atoms with Crippen LogP contribution in [0.5, 0.6) is 0 Å². The Morgan fingerprint density at radius 1 is 1.35 bits per heavy atom. The Bertz CT molecular complexity index is 373. The topological polar surface area (TPSA) is 38.7 Å². The van der Waals surface area contributed by atoms with Crippen molar-refractivity contribution in [2.75, 3.05) is 14.2 Å². The lowest BCUT2D eigenvalue weighted by Gasteiger charge is -2.28. The van der Waals surface area contributed by atoms with E-state index < -0.39 is 11.9 Å². The van der Waals surface area contributed by atoms with Crippen LogP contribution in [0.15, 0.2) is 18.2 Å². The van der Waals surface area contributed by atoms with Crippen molar-refractivity contribution < 1.29 is 19.0 Å². The molecular weight excluding hydrogens is 223 g/mol. The van der Waals surface area contributed by atoms with Crippen molar-refractivity contribution >= 4 is 0 Å². The largest absolute Gasteiger partial charge is 0.385 e. The normalized spacial score (nSPS) is 15.0. The zero-order chi connectivity index (χ0) is 13.1. The third kappa shape index (κ3) is 3.49. The van der Waals surface area contributed by atoms with Gasteiger partial charge in [-0.15, -0.1) is 0 Å². The highest BCUT2D eigenvalue weighted by atomic mass is 19.1. The summed E-state index contributed by atoms with van der Waals surface area (Å²) < 4.78 is 23.1. The third-order valence-corrected chi connectivity index (χ3v) is 2.86. The van der Waals surface area contributed by atoms with Crippen LogP contribution < -0.4 is 0 Å². The first-order valence-corrected chi connectivity index (χ1v) is 5.45. The molecule has 0 aromatic heterocycles. The van der Waals surface area contributed by atoms with Crippen LogP contribution in [0.25, 0.3) is 0 Å². The SMILES string of the molecule is COC(CC(C)(O)c1ccc(F)cc1C)OC. The summed E-state index contributed by atoms with van der Waals surface area (Å²) in [5.74, 6) is -0.308. The summed E-state index contributed by atoms with van der Waals surface area (Å²) in [5.41, 5.74) is 0.271. The fraction of sp³-hybridized carbons (Fsp3) is 0.538. The maximum Gasteiger partial charge on any atom is 0.159 e. The van der Waals surface area contributed by atoms with Gasteiger partial charge in [-0.05, 0) is 37.1 Å². The molecule has 0 aliphatic heterocycles. The maximum atomic E-state index is 13.0. The predicted octanol–water partition coefficient (Wildman–Crippen LogP) is 2.35. The van der Waals surface area contributed by atoms with E-state index in [-0.39, 0.29) is 12.2 Å². The highest BCUT2D eigenvalue weighted by Crippen LogP contribution is 2.29. The lowest BCUT2D eigenvalue weighted by atomic mass is 9.89. The molecule has 4 heteroatoms. The lowest BCUT2D eigenvalue weighted by molar-refractivity contribution is -0.142. The number of rotatable bonds is 5. The van der Waals surface area contributed by atoms with Gasteiger partial charge >= 0.3 is 0 Å². The molecule has 96 valence electrons. The van der Waals surface area contributed by atoms with E-state index in [0.29, 0.717) is 11.1 Å². The summed E-state index contributed by atoms with van der Waals surface area (Å²) in [6.45, 7) is 3.43. The van der Waals surface area contributed by atoms with Gasteiger partial charge in [-0.2, -0.15) is 0 Å². The Balaban J connectivity index is 2.95. The second-order valence-electron chi connectivity index (χ2n) is 4.34. The summed E-state index contributed by atoms with van der Waals surface area (Å²) in [4.78, 5) is 0. The van der Waals surface area contributed by atoms with E-state index >= 15 is 0 Å². The fourth-order valence-corrected chi connectivity index (χ4v) is 1.93. The molecule has 1 aromatic rings. The number of aliphatic hydroxyl groups is 1. The minimum Gasteiger partial charge on any atom is -0.385 e. The van der Waals surface area contributed by atoms with Crippen molar-refractivity contribution in [1.82, 2.24) is 0 Å². The van der Waals surface area contributed by atoms with E-state index in [1.165, 1.54) is 26.4 Å². The monoisotopic (exact) mass is 242 g/mol. The van der Waals surface area contributed by atoms with Gasteiger partial charge in [-0.3, -0.25) is 0 Å². The molecule has 0 radical (unpaired) electrons. The molecule has 0 saturated heterocycles. The quantitative estimate of drug-likeness (QED) is 0.805. The van der Waals surface area contributed by atoms with Crippen LogP contribution in [0.3, 0.4) is 0 Å². The summed E-state index contributed by atoms with van der Waals surface area (Å²) in [6.07, 6.45) is -0.207. The predicted molar refractivity (Wildman–Crippen MR) is 63.1 cm³/mol. The van der Waals surface area contributed by atoms with Gasteiger partial charge in [0, 0.05) is 20.6 Å². The number of halogens is 1. The molecule has 0 amide bonds. The zero-order valence-corrected chi connectivity index (χ0v) is 10.7. The minimum atomic E-state index is -1.12. The standard InChI is InChI=1S/C13H19FO3/c1-9-7-10(14)5-6-11(9)13(2,15)8-12(16-3)17-4/h5-7,12,15H,8H2,1-4H3. The first-order valence-electron chi connectivity index (χ1n) is 5.45. The molecule has 0 heterocycles. The average Bonchev–Trinajstić information content (AvgIpc) is 2.25. The van der Waals surface area contributed by atoms with Crippen molar-refractivity contribution in [2.45, 2.75) is 32.2 Å². The highest BCUT2D eigenvalue weighted by Gasteiger charge is 2.29. The van der Waals surface area contributed by atoms with Gasteiger partial charge in [0.15, 0.2) is 6.29 Å².